The molecule has 2 aromatic rings. The van der Waals surface area contributed by atoms with Crippen molar-refractivity contribution in [3.63, 3.8) is 0 Å². The highest BCUT2D eigenvalue weighted by molar-refractivity contribution is 6.31. The number of aromatic nitrogens is 2. The minimum absolute atomic E-state index is 0.285. The molecule has 0 spiro atoms. The molecule has 8 heteroatoms. The van der Waals surface area contributed by atoms with Gasteiger partial charge in [-0.2, -0.15) is 0 Å². The number of benzene rings is 1. The number of rotatable bonds is 4. The Kier molecular flexibility index (Phi) is 5.60. The van der Waals surface area contributed by atoms with E-state index in [0.717, 1.165) is 36.3 Å². The van der Waals surface area contributed by atoms with Crippen molar-refractivity contribution in [2.45, 2.75) is 13.1 Å². The topological polar surface area (TPSA) is 50.5 Å². The van der Waals surface area contributed by atoms with Crippen LogP contribution in [0.2, 0.25) is 5.02 Å². The summed E-state index contributed by atoms with van der Waals surface area (Å²) in [5.74, 6) is -0.330. The van der Waals surface area contributed by atoms with Gasteiger partial charge >= 0.3 is 5.69 Å². The van der Waals surface area contributed by atoms with Gasteiger partial charge in [0.2, 0.25) is 0 Å². The van der Waals surface area contributed by atoms with E-state index in [4.69, 9.17) is 11.6 Å². The lowest BCUT2D eigenvalue weighted by Crippen LogP contribution is -2.46. The van der Waals surface area contributed by atoms with E-state index in [0.29, 0.717) is 23.8 Å². The zero-order valence-corrected chi connectivity index (χ0v) is 15.7. The van der Waals surface area contributed by atoms with Gasteiger partial charge < -0.3 is 0 Å². The monoisotopic (exact) mass is 380 g/mol. The molecule has 2 heterocycles. The standard InChI is InChI=1S/C18H22ClFN4O2/c1-21-15(10-17(25)22(2)18(21)26)12-24-7-5-23(6-8-24)11-13-3-4-14(20)9-16(13)19/h3-4,9-10H,5-8,11-12H2,1-2H3. The lowest BCUT2D eigenvalue weighted by Gasteiger charge is -2.35. The summed E-state index contributed by atoms with van der Waals surface area (Å²) in [6.07, 6.45) is 0. The summed E-state index contributed by atoms with van der Waals surface area (Å²) in [6, 6.07) is 6.00. The Hall–Kier alpha value is -1.96. The zero-order valence-electron chi connectivity index (χ0n) is 14.9. The van der Waals surface area contributed by atoms with Gasteiger partial charge in [0.15, 0.2) is 0 Å². The van der Waals surface area contributed by atoms with Crippen LogP contribution in [-0.2, 0) is 27.2 Å². The number of hydrogen-bond donors (Lipinski definition) is 0. The molecule has 0 saturated carbocycles. The van der Waals surface area contributed by atoms with Crippen LogP contribution in [-0.4, -0.2) is 45.1 Å². The zero-order chi connectivity index (χ0) is 18.8. The molecule has 26 heavy (non-hydrogen) atoms. The molecule has 1 aliphatic heterocycles. The molecule has 1 aromatic carbocycles. The molecule has 0 amide bonds. The first kappa shape index (κ1) is 18.8. The number of halogens is 2. The number of nitrogens with zero attached hydrogens (tertiary/aromatic N) is 4. The van der Waals surface area contributed by atoms with Crippen molar-refractivity contribution < 1.29 is 4.39 Å². The number of hydrogen-bond acceptors (Lipinski definition) is 4. The third-order valence-corrected chi connectivity index (χ3v) is 5.24. The van der Waals surface area contributed by atoms with Crippen LogP contribution in [0.5, 0.6) is 0 Å². The molecular weight excluding hydrogens is 359 g/mol. The summed E-state index contributed by atoms with van der Waals surface area (Å²) >= 11 is 6.10. The second-order valence-corrected chi connectivity index (χ2v) is 7.07. The molecule has 3 rings (SSSR count). The molecular formula is C18H22ClFN4O2. The minimum atomic E-state index is -0.330. The minimum Gasteiger partial charge on any atom is -0.299 e. The molecule has 1 aromatic heterocycles. The van der Waals surface area contributed by atoms with Crippen molar-refractivity contribution in [2.24, 2.45) is 14.1 Å². The van der Waals surface area contributed by atoms with E-state index in [2.05, 4.69) is 9.80 Å². The normalized spacial score (nSPS) is 16.2. The Bertz CT molecular complexity index is 916. The molecule has 0 atom stereocenters. The summed E-state index contributed by atoms with van der Waals surface area (Å²) in [4.78, 5) is 28.4. The smallest absolute Gasteiger partial charge is 0.299 e. The Labute approximate surface area is 156 Å². The Morgan fingerprint density at radius 1 is 0.962 bits per heavy atom. The van der Waals surface area contributed by atoms with Crippen LogP contribution in [0.4, 0.5) is 4.39 Å². The predicted octanol–water partition coefficient (Wildman–Crippen LogP) is 1.19. The summed E-state index contributed by atoms with van der Waals surface area (Å²) < 4.78 is 15.8. The van der Waals surface area contributed by atoms with Crippen LogP contribution in [0.1, 0.15) is 11.3 Å². The Balaban J connectivity index is 1.61. The third-order valence-electron chi connectivity index (χ3n) is 4.88. The van der Waals surface area contributed by atoms with Crippen molar-refractivity contribution >= 4 is 11.6 Å². The highest BCUT2D eigenvalue weighted by Crippen LogP contribution is 2.20. The maximum atomic E-state index is 13.1. The lowest BCUT2D eigenvalue weighted by atomic mass is 10.2. The second-order valence-electron chi connectivity index (χ2n) is 6.66. The van der Waals surface area contributed by atoms with Crippen molar-refractivity contribution in [1.29, 1.82) is 0 Å². The molecule has 1 fully saturated rings. The maximum Gasteiger partial charge on any atom is 0.330 e. The van der Waals surface area contributed by atoms with Crippen LogP contribution in [0.25, 0.3) is 0 Å². The van der Waals surface area contributed by atoms with Crippen molar-refractivity contribution in [1.82, 2.24) is 18.9 Å². The molecule has 140 valence electrons. The fraction of sp³-hybridized carbons (Fsp3) is 0.444. The molecule has 0 bridgehead atoms. The SMILES string of the molecule is Cn1c(CN2CCN(Cc3ccc(F)cc3Cl)CC2)cc(=O)n(C)c1=O. The summed E-state index contributed by atoms with van der Waals surface area (Å²) in [5.41, 5.74) is 1.04. The summed E-state index contributed by atoms with van der Waals surface area (Å²) in [7, 11) is 3.16. The van der Waals surface area contributed by atoms with Gasteiger partial charge in [-0.15, -0.1) is 0 Å². The average Bonchev–Trinajstić information content (AvgIpc) is 2.61. The highest BCUT2D eigenvalue weighted by atomic mass is 35.5. The van der Waals surface area contributed by atoms with Gasteiger partial charge in [-0.05, 0) is 17.7 Å². The van der Waals surface area contributed by atoms with Crippen LogP contribution in [0, 0.1) is 5.82 Å². The van der Waals surface area contributed by atoms with Crippen molar-refractivity contribution in [3.05, 3.63) is 67.2 Å². The Morgan fingerprint density at radius 2 is 1.58 bits per heavy atom. The fourth-order valence-electron chi connectivity index (χ4n) is 3.16. The first-order valence-electron chi connectivity index (χ1n) is 8.49. The molecule has 0 unspecified atom stereocenters. The highest BCUT2D eigenvalue weighted by Gasteiger charge is 2.19. The van der Waals surface area contributed by atoms with Gasteiger partial charge in [0.25, 0.3) is 5.56 Å². The van der Waals surface area contributed by atoms with Gasteiger partial charge in [0.05, 0.1) is 0 Å². The molecule has 6 nitrogen and oxygen atoms in total. The van der Waals surface area contributed by atoms with E-state index >= 15 is 0 Å². The van der Waals surface area contributed by atoms with Crippen LogP contribution >= 0.6 is 11.6 Å². The quantitative estimate of drug-likeness (QED) is 0.799. The van der Waals surface area contributed by atoms with Gasteiger partial charge in [0.1, 0.15) is 5.82 Å². The maximum absolute atomic E-state index is 13.1. The first-order chi connectivity index (χ1) is 12.3. The molecule has 1 saturated heterocycles. The van der Waals surface area contributed by atoms with Gasteiger partial charge in [-0.3, -0.25) is 23.7 Å². The van der Waals surface area contributed by atoms with Crippen LogP contribution in [0.3, 0.4) is 0 Å². The van der Waals surface area contributed by atoms with Crippen molar-refractivity contribution in [3.8, 4) is 0 Å². The van der Waals surface area contributed by atoms with E-state index in [1.807, 2.05) is 0 Å². The predicted molar refractivity (Wildman–Crippen MR) is 98.9 cm³/mol. The van der Waals surface area contributed by atoms with E-state index in [-0.39, 0.29) is 17.1 Å². The average molecular weight is 381 g/mol. The molecule has 0 N–H and O–H groups in total. The van der Waals surface area contributed by atoms with E-state index in [9.17, 15) is 14.0 Å². The fourth-order valence-corrected chi connectivity index (χ4v) is 3.38. The number of piperazine rings is 1. The Morgan fingerprint density at radius 3 is 2.19 bits per heavy atom. The summed E-state index contributed by atoms with van der Waals surface area (Å²) in [5, 5.41) is 0.447. The van der Waals surface area contributed by atoms with Gasteiger partial charge in [-0.25, -0.2) is 9.18 Å². The molecule has 0 radical (unpaired) electrons. The largest absolute Gasteiger partial charge is 0.330 e. The van der Waals surface area contributed by atoms with Crippen molar-refractivity contribution in [2.75, 3.05) is 26.2 Å². The van der Waals surface area contributed by atoms with E-state index in [1.165, 1.54) is 29.8 Å². The second kappa shape index (κ2) is 7.73. The van der Waals surface area contributed by atoms with Crippen LogP contribution < -0.4 is 11.2 Å². The van der Waals surface area contributed by atoms with E-state index < -0.39 is 0 Å². The lowest BCUT2D eigenvalue weighted by molar-refractivity contribution is 0.120. The third kappa shape index (κ3) is 4.06. The summed E-state index contributed by atoms with van der Waals surface area (Å²) in [6.45, 7) is 4.56. The first-order valence-corrected chi connectivity index (χ1v) is 8.87. The van der Waals surface area contributed by atoms with Crippen LogP contribution in [0.15, 0.2) is 33.9 Å². The molecule has 1 aliphatic rings. The van der Waals surface area contributed by atoms with E-state index in [1.54, 1.807) is 13.1 Å². The molecule has 0 aliphatic carbocycles. The van der Waals surface area contributed by atoms with Gasteiger partial charge in [0, 0.05) is 70.1 Å². The van der Waals surface area contributed by atoms with Gasteiger partial charge in [-0.1, -0.05) is 17.7 Å².